The van der Waals surface area contributed by atoms with Crippen molar-refractivity contribution in [3.05, 3.63) is 106 Å². The molecule has 5 aromatic rings. The molecule has 1 atom stereocenters. The van der Waals surface area contributed by atoms with E-state index >= 15 is 0 Å². The molecule has 2 aromatic heterocycles. The average Bonchev–Trinajstić information content (AvgIpc) is 3.68. The molecule has 3 heterocycles. The number of hydrogen-bond donors (Lipinski definition) is 1. The van der Waals surface area contributed by atoms with E-state index in [1.54, 1.807) is 25.1 Å². The van der Waals surface area contributed by atoms with Crippen LogP contribution in [0.3, 0.4) is 0 Å². The molecular formula is C30H25N4O8-. The molecule has 1 aliphatic rings. The van der Waals surface area contributed by atoms with Crippen LogP contribution in [0.5, 0.6) is 6.01 Å². The van der Waals surface area contributed by atoms with Gasteiger partial charge < -0.3 is 23.4 Å². The first-order valence-corrected chi connectivity index (χ1v) is 13.1. The number of hydroxylamine groups is 1. The Balaban J connectivity index is 1.31. The fourth-order valence-electron chi connectivity index (χ4n) is 4.73. The maximum absolute atomic E-state index is 13.2. The summed E-state index contributed by atoms with van der Waals surface area (Å²) in [7, 11) is 0. The van der Waals surface area contributed by atoms with Gasteiger partial charge in [0.05, 0.1) is 29.7 Å². The first-order valence-electron chi connectivity index (χ1n) is 13.1. The Kier molecular flexibility index (Phi) is 7.30. The first-order chi connectivity index (χ1) is 20.4. The van der Waals surface area contributed by atoms with E-state index in [4.69, 9.17) is 23.1 Å². The van der Waals surface area contributed by atoms with Crippen molar-refractivity contribution in [1.29, 1.82) is 0 Å². The summed E-state index contributed by atoms with van der Waals surface area (Å²) in [5.41, 5.74) is 7.45. The lowest BCUT2D eigenvalue weighted by Crippen LogP contribution is -2.26. The lowest BCUT2D eigenvalue weighted by atomic mass is 9.98. The number of nitrogens with zero attached hydrogens (tertiary/aromatic N) is 3. The number of aliphatic imine (C=N–C) groups is 1. The van der Waals surface area contributed by atoms with Crippen molar-refractivity contribution in [2.75, 3.05) is 6.61 Å². The molecule has 12 heteroatoms. The normalized spacial score (nSPS) is 14.5. The van der Waals surface area contributed by atoms with Gasteiger partial charge in [0.2, 0.25) is 0 Å². The fraction of sp³-hybridized carbons (Fsp3) is 0.200. The average molecular weight is 570 g/mol. The molecule has 0 spiro atoms. The van der Waals surface area contributed by atoms with Gasteiger partial charge >= 0.3 is 11.8 Å². The van der Waals surface area contributed by atoms with E-state index in [0.29, 0.717) is 36.0 Å². The van der Waals surface area contributed by atoms with Crippen LogP contribution in [-0.2, 0) is 22.7 Å². The molecule has 0 amide bonds. The van der Waals surface area contributed by atoms with E-state index in [-0.39, 0.29) is 23.7 Å². The Bertz CT molecular complexity index is 1850. The van der Waals surface area contributed by atoms with Gasteiger partial charge in [-0.3, -0.25) is 9.40 Å². The summed E-state index contributed by atoms with van der Waals surface area (Å²) in [6, 6.07) is 21.0. The maximum atomic E-state index is 13.2. The number of para-hydroxylation sites is 1. The number of fused-ring (bicyclic) bond motifs is 1. The number of aryl methyl sites for hydroxylation is 1. The van der Waals surface area contributed by atoms with Gasteiger partial charge in [0.1, 0.15) is 6.41 Å². The number of rotatable bonds is 9. The van der Waals surface area contributed by atoms with Crippen LogP contribution in [0.25, 0.3) is 22.2 Å². The summed E-state index contributed by atoms with van der Waals surface area (Å²) in [5.74, 6) is -0.708. The molecule has 0 saturated carbocycles. The van der Waals surface area contributed by atoms with Gasteiger partial charge in [0.25, 0.3) is 6.01 Å². The minimum Gasteiger partial charge on any atom is -0.811 e. The maximum Gasteiger partial charge on any atom is 0.519 e. The Morgan fingerprint density at radius 3 is 2.52 bits per heavy atom. The van der Waals surface area contributed by atoms with Crippen molar-refractivity contribution in [2.24, 2.45) is 4.99 Å². The molecule has 214 valence electrons. The molecule has 3 aromatic carbocycles. The van der Waals surface area contributed by atoms with Crippen LogP contribution < -0.4 is 21.1 Å². The molecular weight excluding hydrogens is 544 g/mol. The predicted molar refractivity (Wildman–Crippen MR) is 148 cm³/mol. The Labute approximate surface area is 238 Å². The van der Waals surface area contributed by atoms with E-state index in [1.807, 2.05) is 60.0 Å². The van der Waals surface area contributed by atoms with Crippen molar-refractivity contribution < 1.29 is 33.0 Å². The van der Waals surface area contributed by atoms with E-state index in [9.17, 15) is 14.7 Å². The molecule has 42 heavy (non-hydrogen) atoms. The second kappa shape index (κ2) is 11.4. The Hall–Kier alpha value is -5.20. The summed E-state index contributed by atoms with van der Waals surface area (Å²) >= 11 is 0. The van der Waals surface area contributed by atoms with Crippen molar-refractivity contribution in [3.63, 3.8) is 0 Å². The number of aromatic nitrogens is 2. The van der Waals surface area contributed by atoms with Crippen LogP contribution in [0.4, 0.5) is 0 Å². The van der Waals surface area contributed by atoms with Crippen molar-refractivity contribution >= 4 is 22.8 Å². The van der Waals surface area contributed by atoms with Crippen LogP contribution >= 0.6 is 0 Å². The van der Waals surface area contributed by atoms with Crippen molar-refractivity contribution in [1.82, 2.24) is 15.0 Å². The highest BCUT2D eigenvalue weighted by Crippen LogP contribution is 2.29. The van der Waals surface area contributed by atoms with Gasteiger partial charge in [-0.15, -0.1) is 0 Å². The highest BCUT2D eigenvalue weighted by molar-refractivity contribution is 6.04. The highest BCUT2D eigenvalue weighted by atomic mass is 16.7. The largest absolute Gasteiger partial charge is 0.811 e. The smallest absolute Gasteiger partial charge is 0.519 e. The van der Waals surface area contributed by atoms with Gasteiger partial charge in [-0.1, -0.05) is 54.6 Å². The predicted octanol–water partition coefficient (Wildman–Crippen LogP) is 3.29. The zero-order valence-electron chi connectivity index (χ0n) is 22.7. The molecule has 1 N–H and O–H groups in total. The number of hydrogen-bond acceptors (Lipinski definition) is 11. The van der Waals surface area contributed by atoms with Crippen LogP contribution in [0.2, 0.25) is 0 Å². The molecule has 1 aliphatic heterocycles. The van der Waals surface area contributed by atoms with Crippen molar-refractivity contribution in [2.45, 2.75) is 33.4 Å². The monoisotopic (exact) mass is 569 g/mol. The van der Waals surface area contributed by atoms with Crippen molar-refractivity contribution in [3.8, 4) is 17.1 Å². The molecule has 12 nitrogen and oxygen atoms in total. The van der Waals surface area contributed by atoms with E-state index in [1.165, 1.54) is 0 Å². The zero-order chi connectivity index (χ0) is 29.2. The number of nitrogens with one attached hydrogen (secondary N) is 1. The molecule has 6 rings (SSSR count). The number of imidazole rings is 1. The van der Waals surface area contributed by atoms with Gasteiger partial charge in [-0.2, -0.15) is 4.98 Å². The third-order valence-corrected chi connectivity index (χ3v) is 6.67. The van der Waals surface area contributed by atoms with Crippen LogP contribution in [0.1, 0.15) is 39.9 Å². The second-order valence-corrected chi connectivity index (χ2v) is 9.34. The molecule has 0 fully saturated rings. The summed E-state index contributed by atoms with van der Waals surface area (Å²) in [4.78, 5) is 38.0. The van der Waals surface area contributed by atoms with Crippen LogP contribution in [0, 0.1) is 6.92 Å². The zero-order valence-corrected chi connectivity index (χ0v) is 22.7. The SMILES string of the molecule is CCOc1nc2cccc(C(=O)OCc3oc(=O)oc3C)c2n1Cc1ccc(-c2ccccc2C2=NC([O-])ON2)cc1. The van der Waals surface area contributed by atoms with E-state index in [0.717, 1.165) is 22.3 Å². The number of amidine groups is 1. The molecule has 0 radical (unpaired) electrons. The van der Waals surface area contributed by atoms with Gasteiger partial charge in [-0.25, -0.2) is 20.1 Å². The van der Waals surface area contributed by atoms with Crippen LogP contribution in [0.15, 0.2) is 85.4 Å². The lowest BCUT2D eigenvalue weighted by molar-refractivity contribution is -0.489. The quantitative estimate of drug-likeness (QED) is 0.262. The summed E-state index contributed by atoms with van der Waals surface area (Å²) in [5, 5.41) is 11.6. The van der Waals surface area contributed by atoms with Gasteiger partial charge in [-0.05, 0) is 42.7 Å². The first kappa shape index (κ1) is 27.0. The summed E-state index contributed by atoms with van der Waals surface area (Å²) in [6.07, 6.45) is -1.50. The Morgan fingerprint density at radius 2 is 1.83 bits per heavy atom. The third kappa shape index (κ3) is 5.28. The molecule has 0 bridgehead atoms. The minimum atomic E-state index is -1.50. The van der Waals surface area contributed by atoms with Crippen LogP contribution in [-0.4, -0.2) is 34.4 Å². The number of esters is 1. The number of ether oxygens (including phenoxy) is 2. The summed E-state index contributed by atoms with van der Waals surface area (Å²) < 4.78 is 22.9. The lowest BCUT2D eigenvalue weighted by Gasteiger charge is -2.13. The standard InChI is InChI=1S/C30H25N4O8/c1-3-38-28-31-23-10-6-9-22(27(35)39-16-24-17(2)40-30(37)41-24)25(23)34(28)15-18-11-13-19(14-12-18)20-7-4-5-8-21(20)26-32-29(36)42-33-26/h4-14,29H,3,15-16H2,1-2H3,(H,32,33)/q-1. The van der Waals surface area contributed by atoms with E-state index in [2.05, 4.69) is 15.5 Å². The third-order valence-electron chi connectivity index (χ3n) is 6.67. The summed E-state index contributed by atoms with van der Waals surface area (Å²) in [6.45, 7) is 3.89. The minimum absolute atomic E-state index is 0.141. The van der Waals surface area contributed by atoms with E-state index < -0.39 is 18.2 Å². The topological polar surface area (TPSA) is 153 Å². The fourth-order valence-corrected chi connectivity index (χ4v) is 4.73. The van der Waals surface area contributed by atoms with Gasteiger partial charge in [0, 0.05) is 5.56 Å². The highest BCUT2D eigenvalue weighted by Gasteiger charge is 2.22. The number of carbonyl (C=O) groups excluding carboxylic acids is 1. The molecule has 0 aliphatic carbocycles. The number of carbonyl (C=O) groups is 1. The number of benzene rings is 3. The molecule has 0 saturated heterocycles. The molecule has 1 unspecified atom stereocenters. The second-order valence-electron chi connectivity index (χ2n) is 9.34. The van der Waals surface area contributed by atoms with Gasteiger partial charge in [0.15, 0.2) is 24.0 Å². The Morgan fingerprint density at radius 1 is 1.05 bits per heavy atom.